The fourth-order valence-electron chi connectivity index (χ4n) is 2.22. The molecule has 0 aliphatic rings. The molecular formula is C16H15ClN2. The maximum Gasteiger partial charge on any atom is 0.0733 e. The van der Waals surface area contributed by atoms with Crippen LogP contribution in [0, 0.1) is 6.92 Å². The SMILES string of the molecule is Cc1cc(-c2ccccc2N)nc2ccccc12.Cl. The molecule has 0 fully saturated rings. The summed E-state index contributed by atoms with van der Waals surface area (Å²) in [4.78, 5) is 4.69. The molecule has 0 amide bonds. The lowest BCUT2D eigenvalue weighted by Crippen LogP contribution is -1.93. The Hall–Kier alpha value is -2.06. The Labute approximate surface area is 118 Å². The number of nitrogens with two attached hydrogens (primary N) is 1. The molecule has 2 nitrogen and oxygen atoms in total. The first kappa shape index (κ1) is 13.4. The van der Waals surface area contributed by atoms with E-state index in [1.807, 2.05) is 42.5 Å². The number of nitrogens with zero attached hydrogens (tertiary/aromatic N) is 1. The summed E-state index contributed by atoms with van der Waals surface area (Å²) < 4.78 is 0. The zero-order chi connectivity index (χ0) is 12.5. The third kappa shape index (κ3) is 2.40. The number of anilines is 1. The van der Waals surface area contributed by atoms with Crippen LogP contribution in [0.15, 0.2) is 54.6 Å². The second-order valence-electron chi connectivity index (χ2n) is 4.43. The highest BCUT2D eigenvalue weighted by Gasteiger charge is 2.06. The first-order valence-electron chi connectivity index (χ1n) is 5.97. The minimum Gasteiger partial charge on any atom is -0.398 e. The van der Waals surface area contributed by atoms with Gasteiger partial charge in [0.1, 0.15) is 0 Å². The van der Waals surface area contributed by atoms with E-state index in [2.05, 4.69) is 24.0 Å². The topological polar surface area (TPSA) is 38.9 Å². The van der Waals surface area contributed by atoms with Gasteiger partial charge in [0.05, 0.1) is 11.2 Å². The maximum absolute atomic E-state index is 6.01. The highest BCUT2D eigenvalue weighted by molar-refractivity contribution is 5.86. The molecule has 0 aliphatic heterocycles. The van der Waals surface area contributed by atoms with Crippen LogP contribution in [0.4, 0.5) is 5.69 Å². The number of aryl methyl sites for hydroxylation is 1. The molecule has 2 aromatic carbocycles. The smallest absolute Gasteiger partial charge is 0.0733 e. The van der Waals surface area contributed by atoms with Gasteiger partial charge in [0.15, 0.2) is 0 Å². The molecule has 0 radical (unpaired) electrons. The molecule has 1 heterocycles. The van der Waals surface area contributed by atoms with Crippen LogP contribution in [-0.2, 0) is 0 Å². The normalized spacial score (nSPS) is 10.2. The van der Waals surface area contributed by atoms with Gasteiger partial charge in [0, 0.05) is 16.6 Å². The Morgan fingerprint density at radius 1 is 0.947 bits per heavy atom. The number of nitrogen functional groups attached to an aromatic ring is 1. The summed E-state index contributed by atoms with van der Waals surface area (Å²) in [6.07, 6.45) is 0. The number of rotatable bonds is 1. The Balaban J connectivity index is 0.00000133. The minimum atomic E-state index is 0. The largest absolute Gasteiger partial charge is 0.398 e. The minimum absolute atomic E-state index is 0. The van der Waals surface area contributed by atoms with Crippen LogP contribution in [0.1, 0.15) is 5.56 Å². The number of fused-ring (bicyclic) bond motifs is 1. The summed E-state index contributed by atoms with van der Waals surface area (Å²) in [7, 11) is 0. The van der Waals surface area contributed by atoms with E-state index in [1.165, 1.54) is 10.9 Å². The molecule has 0 atom stereocenters. The van der Waals surface area contributed by atoms with E-state index in [1.54, 1.807) is 0 Å². The fourth-order valence-corrected chi connectivity index (χ4v) is 2.22. The number of para-hydroxylation sites is 2. The zero-order valence-corrected chi connectivity index (χ0v) is 11.4. The Kier molecular flexibility index (Phi) is 3.72. The van der Waals surface area contributed by atoms with Gasteiger partial charge < -0.3 is 5.73 Å². The second kappa shape index (κ2) is 5.29. The van der Waals surface area contributed by atoms with Crippen molar-refractivity contribution in [3.05, 3.63) is 60.2 Å². The lowest BCUT2D eigenvalue weighted by atomic mass is 10.0. The van der Waals surface area contributed by atoms with Crippen LogP contribution in [0.5, 0.6) is 0 Å². The molecule has 0 bridgehead atoms. The van der Waals surface area contributed by atoms with Gasteiger partial charge in [-0.25, -0.2) is 4.98 Å². The highest BCUT2D eigenvalue weighted by Crippen LogP contribution is 2.27. The van der Waals surface area contributed by atoms with Crippen molar-refractivity contribution in [2.45, 2.75) is 6.92 Å². The average molecular weight is 271 g/mol. The number of pyridine rings is 1. The molecule has 2 N–H and O–H groups in total. The van der Waals surface area contributed by atoms with Crippen molar-refractivity contribution in [3.8, 4) is 11.3 Å². The summed E-state index contributed by atoms with van der Waals surface area (Å²) in [6.45, 7) is 2.10. The van der Waals surface area contributed by atoms with Crippen LogP contribution in [0.2, 0.25) is 0 Å². The van der Waals surface area contributed by atoms with Crippen molar-refractivity contribution < 1.29 is 0 Å². The molecule has 0 unspecified atom stereocenters. The number of benzene rings is 2. The van der Waals surface area contributed by atoms with Gasteiger partial charge >= 0.3 is 0 Å². The number of hydrogen-bond donors (Lipinski definition) is 1. The summed E-state index contributed by atoms with van der Waals surface area (Å²) in [5, 5.41) is 1.19. The van der Waals surface area contributed by atoms with E-state index >= 15 is 0 Å². The van der Waals surface area contributed by atoms with Crippen LogP contribution in [-0.4, -0.2) is 4.98 Å². The Morgan fingerprint density at radius 3 is 2.42 bits per heavy atom. The van der Waals surface area contributed by atoms with E-state index in [0.717, 1.165) is 22.5 Å². The first-order chi connectivity index (χ1) is 8.75. The molecule has 3 heteroatoms. The number of hydrogen-bond acceptors (Lipinski definition) is 2. The molecule has 0 saturated heterocycles. The lowest BCUT2D eigenvalue weighted by molar-refractivity contribution is 1.36. The predicted molar refractivity (Wildman–Crippen MR) is 83.6 cm³/mol. The van der Waals surface area contributed by atoms with Crippen molar-refractivity contribution >= 4 is 29.0 Å². The molecule has 3 aromatic rings. The molecule has 1 aromatic heterocycles. The molecule has 96 valence electrons. The van der Waals surface area contributed by atoms with Crippen LogP contribution in [0.3, 0.4) is 0 Å². The van der Waals surface area contributed by atoms with E-state index in [0.29, 0.717) is 0 Å². The summed E-state index contributed by atoms with van der Waals surface area (Å²) in [6, 6.07) is 18.1. The van der Waals surface area contributed by atoms with E-state index < -0.39 is 0 Å². The lowest BCUT2D eigenvalue weighted by Gasteiger charge is -2.08. The molecule has 0 aliphatic carbocycles. The van der Waals surface area contributed by atoms with E-state index in [9.17, 15) is 0 Å². The van der Waals surface area contributed by atoms with Gasteiger partial charge in [-0.1, -0.05) is 36.4 Å². The number of aromatic nitrogens is 1. The highest BCUT2D eigenvalue weighted by atomic mass is 35.5. The van der Waals surface area contributed by atoms with Gasteiger partial charge in [0.2, 0.25) is 0 Å². The molecule has 0 saturated carbocycles. The quantitative estimate of drug-likeness (QED) is 0.673. The Morgan fingerprint density at radius 2 is 1.63 bits per heavy atom. The maximum atomic E-state index is 6.01. The van der Waals surface area contributed by atoms with Crippen LogP contribution < -0.4 is 5.73 Å². The van der Waals surface area contributed by atoms with E-state index in [4.69, 9.17) is 5.73 Å². The third-order valence-corrected chi connectivity index (χ3v) is 3.16. The van der Waals surface area contributed by atoms with Gasteiger partial charge in [0.25, 0.3) is 0 Å². The van der Waals surface area contributed by atoms with Crippen molar-refractivity contribution in [3.63, 3.8) is 0 Å². The summed E-state index contributed by atoms with van der Waals surface area (Å²) in [5.41, 5.74) is 10.9. The van der Waals surface area contributed by atoms with Gasteiger partial charge in [-0.3, -0.25) is 0 Å². The third-order valence-electron chi connectivity index (χ3n) is 3.16. The second-order valence-corrected chi connectivity index (χ2v) is 4.43. The number of halogens is 1. The standard InChI is InChI=1S/C16H14N2.ClH/c1-11-10-16(13-7-2-4-8-14(13)17)18-15-9-5-3-6-12(11)15;/h2-10H,17H2,1H3;1H. The van der Waals surface area contributed by atoms with Crippen molar-refractivity contribution in [1.29, 1.82) is 0 Å². The van der Waals surface area contributed by atoms with Crippen LogP contribution >= 0.6 is 12.4 Å². The summed E-state index contributed by atoms with van der Waals surface area (Å²) >= 11 is 0. The van der Waals surface area contributed by atoms with Crippen molar-refractivity contribution in [1.82, 2.24) is 4.98 Å². The Bertz CT molecular complexity index is 723. The first-order valence-corrected chi connectivity index (χ1v) is 5.97. The molecule has 19 heavy (non-hydrogen) atoms. The van der Waals surface area contributed by atoms with Crippen molar-refractivity contribution in [2.75, 3.05) is 5.73 Å². The van der Waals surface area contributed by atoms with Gasteiger partial charge in [-0.15, -0.1) is 12.4 Å². The zero-order valence-electron chi connectivity index (χ0n) is 10.6. The van der Waals surface area contributed by atoms with Gasteiger partial charge in [-0.05, 0) is 30.7 Å². The van der Waals surface area contributed by atoms with E-state index in [-0.39, 0.29) is 12.4 Å². The average Bonchev–Trinajstić information content (AvgIpc) is 2.39. The van der Waals surface area contributed by atoms with Crippen LogP contribution in [0.25, 0.3) is 22.2 Å². The molecule has 0 spiro atoms. The van der Waals surface area contributed by atoms with Gasteiger partial charge in [-0.2, -0.15) is 0 Å². The van der Waals surface area contributed by atoms with Crippen molar-refractivity contribution in [2.24, 2.45) is 0 Å². The summed E-state index contributed by atoms with van der Waals surface area (Å²) in [5.74, 6) is 0. The molecular weight excluding hydrogens is 256 g/mol. The fraction of sp³-hybridized carbons (Fsp3) is 0.0625. The molecule has 3 rings (SSSR count). The predicted octanol–water partition coefficient (Wildman–Crippen LogP) is 4.21. The monoisotopic (exact) mass is 270 g/mol.